The van der Waals surface area contributed by atoms with Gasteiger partial charge in [0.2, 0.25) is 0 Å². The van der Waals surface area contributed by atoms with Crippen molar-refractivity contribution >= 4 is 5.78 Å². The monoisotopic (exact) mass is 256 g/mol. The van der Waals surface area contributed by atoms with Gasteiger partial charge in [-0.05, 0) is 25.8 Å². The minimum absolute atomic E-state index is 0.128. The quantitative estimate of drug-likeness (QED) is 0.769. The van der Waals surface area contributed by atoms with Crippen LogP contribution in [-0.2, 0) is 13.0 Å². The van der Waals surface area contributed by atoms with Crippen LogP contribution in [0.15, 0.2) is 30.6 Å². The Labute approximate surface area is 114 Å². The molecule has 19 heavy (non-hydrogen) atoms. The molecular formula is C16H20N2O. The molecule has 0 atom stereocenters. The average molecular weight is 256 g/mol. The zero-order chi connectivity index (χ0) is 13.8. The summed E-state index contributed by atoms with van der Waals surface area (Å²) in [4.78, 5) is 16.4. The second-order valence-electron chi connectivity index (χ2n) is 4.91. The Kier molecular flexibility index (Phi) is 4.15. The molecule has 0 bridgehead atoms. The number of nitrogens with zero attached hydrogens (tertiary/aromatic N) is 2. The van der Waals surface area contributed by atoms with Crippen molar-refractivity contribution < 1.29 is 4.79 Å². The normalized spacial score (nSPS) is 10.7. The average Bonchev–Trinajstić information content (AvgIpc) is 2.72. The van der Waals surface area contributed by atoms with Crippen LogP contribution in [0.1, 0.15) is 40.7 Å². The van der Waals surface area contributed by atoms with Crippen LogP contribution in [-0.4, -0.2) is 15.3 Å². The Morgan fingerprint density at radius 1 is 1.21 bits per heavy atom. The van der Waals surface area contributed by atoms with Crippen LogP contribution >= 0.6 is 0 Å². The third kappa shape index (κ3) is 3.11. The Balaban J connectivity index is 2.09. The van der Waals surface area contributed by atoms with E-state index in [0.717, 1.165) is 29.8 Å². The van der Waals surface area contributed by atoms with Crippen molar-refractivity contribution in [2.24, 2.45) is 0 Å². The molecule has 3 heteroatoms. The van der Waals surface area contributed by atoms with E-state index in [1.807, 2.05) is 42.7 Å². The summed E-state index contributed by atoms with van der Waals surface area (Å²) in [5, 5.41) is 0. The fourth-order valence-electron chi connectivity index (χ4n) is 2.10. The number of aryl methyl sites for hydroxylation is 2. The molecule has 0 aliphatic heterocycles. The molecule has 2 rings (SSSR count). The van der Waals surface area contributed by atoms with Crippen LogP contribution in [0.2, 0.25) is 0 Å². The van der Waals surface area contributed by atoms with E-state index in [0.29, 0.717) is 6.54 Å². The van der Waals surface area contributed by atoms with Gasteiger partial charge in [-0.15, -0.1) is 0 Å². The summed E-state index contributed by atoms with van der Waals surface area (Å²) in [6.07, 6.45) is 3.92. The number of ketones is 1. The summed E-state index contributed by atoms with van der Waals surface area (Å²) in [6.45, 7) is 6.46. The number of aromatic nitrogens is 2. The molecule has 0 amide bonds. The van der Waals surface area contributed by atoms with Gasteiger partial charge in [0.05, 0.1) is 18.6 Å². The molecule has 0 radical (unpaired) electrons. The number of benzene rings is 1. The molecule has 100 valence electrons. The van der Waals surface area contributed by atoms with Crippen molar-refractivity contribution in [3.8, 4) is 0 Å². The molecule has 1 aromatic heterocycles. The summed E-state index contributed by atoms with van der Waals surface area (Å²) in [7, 11) is 0. The molecular weight excluding hydrogens is 236 g/mol. The first-order chi connectivity index (χ1) is 9.11. The van der Waals surface area contributed by atoms with Crippen molar-refractivity contribution in [3.05, 3.63) is 53.1 Å². The summed E-state index contributed by atoms with van der Waals surface area (Å²) >= 11 is 0. The summed E-state index contributed by atoms with van der Waals surface area (Å²) < 4.78 is 1.90. The van der Waals surface area contributed by atoms with E-state index < -0.39 is 0 Å². The molecule has 0 aliphatic carbocycles. The largest absolute Gasteiger partial charge is 0.327 e. The van der Waals surface area contributed by atoms with E-state index in [1.54, 1.807) is 6.33 Å². The fourth-order valence-corrected chi connectivity index (χ4v) is 2.10. The van der Waals surface area contributed by atoms with E-state index >= 15 is 0 Å². The molecule has 3 nitrogen and oxygen atoms in total. The Bertz CT molecular complexity index is 567. The topological polar surface area (TPSA) is 34.9 Å². The third-order valence-electron chi connectivity index (χ3n) is 3.47. The van der Waals surface area contributed by atoms with Gasteiger partial charge in [-0.2, -0.15) is 0 Å². The van der Waals surface area contributed by atoms with E-state index in [2.05, 4.69) is 11.9 Å². The molecule has 1 heterocycles. The van der Waals surface area contributed by atoms with Crippen molar-refractivity contribution in [3.63, 3.8) is 0 Å². The summed E-state index contributed by atoms with van der Waals surface area (Å²) in [6, 6.07) is 7.93. The molecule has 0 saturated heterocycles. The van der Waals surface area contributed by atoms with Crippen LogP contribution in [0.4, 0.5) is 0 Å². The summed E-state index contributed by atoms with van der Waals surface area (Å²) in [5.74, 6) is 0.128. The van der Waals surface area contributed by atoms with Crippen molar-refractivity contribution in [2.75, 3.05) is 0 Å². The number of rotatable bonds is 5. The Hall–Kier alpha value is -1.90. The number of Topliss-reactive ketones (excluding diaryl/α,β-unsaturated/α-hetero) is 1. The lowest BCUT2D eigenvalue weighted by molar-refractivity contribution is 0.0971. The van der Waals surface area contributed by atoms with E-state index in [4.69, 9.17) is 0 Å². The number of hydrogen-bond donors (Lipinski definition) is 0. The SMILES string of the molecule is CCCc1ccc(C(=O)Cn2cnc(C)c2C)cc1. The number of imidazole rings is 1. The maximum Gasteiger partial charge on any atom is 0.182 e. The highest BCUT2D eigenvalue weighted by molar-refractivity contribution is 5.95. The first-order valence-corrected chi connectivity index (χ1v) is 6.72. The second kappa shape index (κ2) is 5.83. The highest BCUT2D eigenvalue weighted by Crippen LogP contribution is 2.10. The van der Waals surface area contributed by atoms with E-state index in [9.17, 15) is 4.79 Å². The minimum atomic E-state index is 0.128. The molecule has 1 aromatic carbocycles. The maximum atomic E-state index is 12.2. The smallest absolute Gasteiger partial charge is 0.182 e. The molecule has 0 aliphatic rings. The van der Waals surface area contributed by atoms with Crippen LogP contribution < -0.4 is 0 Å². The first kappa shape index (κ1) is 13.5. The zero-order valence-corrected chi connectivity index (χ0v) is 11.8. The fraction of sp³-hybridized carbons (Fsp3) is 0.375. The molecule has 0 fully saturated rings. The summed E-state index contributed by atoms with van der Waals surface area (Å²) in [5.41, 5.74) is 4.08. The minimum Gasteiger partial charge on any atom is -0.327 e. The van der Waals surface area contributed by atoms with Crippen LogP contribution in [0.3, 0.4) is 0 Å². The van der Waals surface area contributed by atoms with Crippen LogP contribution in [0.5, 0.6) is 0 Å². The van der Waals surface area contributed by atoms with Gasteiger partial charge in [0.25, 0.3) is 0 Å². The van der Waals surface area contributed by atoms with Gasteiger partial charge in [-0.25, -0.2) is 4.98 Å². The van der Waals surface area contributed by atoms with Gasteiger partial charge in [0.1, 0.15) is 0 Å². The molecule has 0 unspecified atom stereocenters. The predicted molar refractivity (Wildman–Crippen MR) is 76.5 cm³/mol. The number of hydrogen-bond acceptors (Lipinski definition) is 2. The van der Waals surface area contributed by atoms with Crippen molar-refractivity contribution in [1.29, 1.82) is 0 Å². The molecule has 0 spiro atoms. The second-order valence-corrected chi connectivity index (χ2v) is 4.91. The molecule has 2 aromatic rings. The van der Waals surface area contributed by atoms with E-state index in [1.165, 1.54) is 5.56 Å². The lowest BCUT2D eigenvalue weighted by atomic mass is 10.1. The number of carbonyl (C=O) groups is 1. The van der Waals surface area contributed by atoms with Crippen molar-refractivity contribution in [2.45, 2.75) is 40.2 Å². The Morgan fingerprint density at radius 2 is 1.89 bits per heavy atom. The predicted octanol–water partition coefficient (Wildman–Crippen LogP) is 3.34. The Morgan fingerprint density at radius 3 is 2.42 bits per heavy atom. The molecule has 0 N–H and O–H groups in total. The standard InChI is InChI=1S/C16H20N2O/c1-4-5-14-6-8-15(9-7-14)16(19)10-18-11-17-12(2)13(18)3/h6-9,11H,4-5,10H2,1-3H3. The first-order valence-electron chi connectivity index (χ1n) is 6.72. The lowest BCUT2D eigenvalue weighted by Crippen LogP contribution is -2.11. The van der Waals surface area contributed by atoms with Crippen LogP contribution in [0.25, 0.3) is 0 Å². The van der Waals surface area contributed by atoms with Gasteiger partial charge in [-0.3, -0.25) is 4.79 Å². The van der Waals surface area contributed by atoms with Gasteiger partial charge < -0.3 is 4.57 Å². The van der Waals surface area contributed by atoms with Crippen LogP contribution in [0, 0.1) is 13.8 Å². The molecule has 0 saturated carbocycles. The number of carbonyl (C=O) groups excluding carboxylic acids is 1. The van der Waals surface area contributed by atoms with Crippen molar-refractivity contribution in [1.82, 2.24) is 9.55 Å². The highest BCUT2D eigenvalue weighted by Gasteiger charge is 2.09. The third-order valence-corrected chi connectivity index (χ3v) is 3.47. The maximum absolute atomic E-state index is 12.2. The van der Waals surface area contributed by atoms with Gasteiger partial charge in [0, 0.05) is 11.3 Å². The zero-order valence-electron chi connectivity index (χ0n) is 11.8. The van der Waals surface area contributed by atoms with Gasteiger partial charge >= 0.3 is 0 Å². The van der Waals surface area contributed by atoms with Gasteiger partial charge in [-0.1, -0.05) is 37.6 Å². The highest BCUT2D eigenvalue weighted by atomic mass is 16.1. The van der Waals surface area contributed by atoms with E-state index in [-0.39, 0.29) is 5.78 Å². The van der Waals surface area contributed by atoms with Gasteiger partial charge in [0.15, 0.2) is 5.78 Å². The lowest BCUT2D eigenvalue weighted by Gasteiger charge is -2.06.